The first-order valence-electron chi connectivity index (χ1n) is 9.17. The fraction of sp³-hybridized carbons (Fsp3) is 0.650. The summed E-state index contributed by atoms with van der Waals surface area (Å²) in [6.07, 6.45) is 11.5. The second-order valence-electron chi connectivity index (χ2n) is 6.53. The Morgan fingerprint density at radius 1 is 1.00 bits per heavy atom. The van der Waals surface area contributed by atoms with Gasteiger partial charge in [0.25, 0.3) is 0 Å². The van der Waals surface area contributed by atoms with Gasteiger partial charge in [0.05, 0.1) is 0 Å². The molecule has 22 heavy (non-hydrogen) atoms. The Labute approximate surface area is 135 Å². The summed E-state index contributed by atoms with van der Waals surface area (Å²) < 4.78 is 0. The zero-order valence-corrected chi connectivity index (χ0v) is 14.1. The van der Waals surface area contributed by atoms with E-state index < -0.39 is 0 Å². The number of nitrogens with one attached hydrogen (secondary N) is 1. The summed E-state index contributed by atoms with van der Waals surface area (Å²) in [5.74, 6) is 0.327. The van der Waals surface area contributed by atoms with E-state index in [0.29, 0.717) is 12.2 Å². The van der Waals surface area contributed by atoms with Crippen molar-refractivity contribution >= 4 is 5.78 Å². The quantitative estimate of drug-likeness (QED) is 0.407. The lowest BCUT2D eigenvalue weighted by Gasteiger charge is -2.08. The molecule has 1 aliphatic rings. The Morgan fingerprint density at radius 3 is 2.64 bits per heavy atom. The summed E-state index contributed by atoms with van der Waals surface area (Å²) in [4.78, 5) is 12.3. The van der Waals surface area contributed by atoms with Crippen LogP contribution in [0.1, 0.15) is 79.8 Å². The second-order valence-corrected chi connectivity index (χ2v) is 6.53. The third kappa shape index (κ3) is 5.57. The Bertz CT molecular complexity index is 467. The van der Waals surface area contributed by atoms with Crippen molar-refractivity contribution in [3.05, 3.63) is 34.9 Å². The van der Waals surface area contributed by atoms with Crippen molar-refractivity contribution < 1.29 is 4.79 Å². The van der Waals surface area contributed by atoms with Crippen molar-refractivity contribution in [2.45, 2.75) is 71.1 Å². The first-order chi connectivity index (χ1) is 10.8. The van der Waals surface area contributed by atoms with E-state index >= 15 is 0 Å². The maximum Gasteiger partial charge on any atom is 0.162 e. The predicted molar refractivity (Wildman–Crippen MR) is 93.7 cm³/mol. The molecule has 0 radical (unpaired) electrons. The third-order valence-corrected chi connectivity index (χ3v) is 4.60. The lowest BCUT2D eigenvalue weighted by molar-refractivity contribution is 0.0979. The molecule has 0 saturated carbocycles. The van der Waals surface area contributed by atoms with E-state index in [0.717, 1.165) is 37.9 Å². The molecule has 0 unspecified atom stereocenters. The SMILES string of the molecule is CCCNCCCCCC(=O)c1ccc2c(c1)CCCCC2. The maximum absolute atomic E-state index is 12.3. The molecule has 2 rings (SSSR count). The second kappa shape index (κ2) is 9.78. The van der Waals surface area contributed by atoms with Crippen molar-refractivity contribution in [3.63, 3.8) is 0 Å². The summed E-state index contributed by atoms with van der Waals surface area (Å²) in [7, 11) is 0. The Hall–Kier alpha value is -1.15. The van der Waals surface area contributed by atoms with Crippen LogP contribution in [0.3, 0.4) is 0 Å². The molecule has 0 aliphatic heterocycles. The van der Waals surface area contributed by atoms with E-state index in [9.17, 15) is 4.79 Å². The molecule has 0 fully saturated rings. The van der Waals surface area contributed by atoms with E-state index in [-0.39, 0.29) is 0 Å². The fourth-order valence-electron chi connectivity index (χ4n) is 3.24. The molecule has 0 atom stereocenters. The van der Waals surface area contributed by atoms with Gasteiger partial charge in [0.2, 0.25) is 0 Å². The molecule has 122 valence electrons. The van der Waals surface area contributed by atoms with Gasteiger partial charge in [0.15, 0.2) is 5.78 Å². The summed E-state index contributed by atoms with van der Waals surface area (Å²) in [5.41, 5.74) is 3.83. The molecule has 1 aromatic carbocycles. The van der Waals surface area contributed by atoms with E-state index in [1.807, 2.05) is 0 Å². The van der Waals surface area contributed by atoms with Gasteiger partial charge in [-0.25, -0.2) is 0 Å². The summed E-state index contributed by atoms with van der Waals surface area (Å²) >= 11 is 0. The van der Waals surface area contributed by atoms with Crippen LogP contribution in [0.15, 0.2) is 18.2 Å². The molecular formula is C20H31NO. The zero-order chi connectivity index (χ0) is 15.6. The van der Waals surface area contributed by atoms with Gasteiger partial charge in [0.1, 0.15) is 0 Å². The Kier molecular flexibility index (Phi) is 7.65. The molecule has 1 N–H and O–H groups in total. The molecule has 0 bridgehead atoms. The van der Waals surface area contributed by atoms with Crippen LogP contribution < -0.4 is 5.32 Å². The smallest absolute Gasteiger partial charge is 0.162 e. The van der Waals surface area contributed by atoms with Crippen LogP contribution in [0.2, 0.25) is 0 Å². The molecule has 2 heteroatoms. The maximum atomic E-state index is 12.3. The molecule has 0 saturated heterocycles. The largest absolute Gasteiger partial charge is 0.317 e. The van der Waals surface area contributed by atoms with Crippen molar-refractivity contribution in [2.75, 3.05) is 13.1 Å². The minimum atomic E-state index is 0.327. The average Bonchev–Trinajstić information content (AvgIpc) is 2.78. The van der Waals surface area contributed by atoms with Crippen LogP contribution in [0, 0.1) is 0 Å². The number of Topliss-reactive ketones (excluding diaryl/α,β-unsaturated/α-hetero) is 1. The van der Waals surface area contributed by atoms with E-state index in [1.165, 1.54) is 49.7 Å². The molecule has 0 heterocycles. The third-order valence-electron chi connectivity index (χ3n) is 4.60. The number of unbranched alkanes of at least 4 members (excludes halogenated alkanes) is 2. The first kappa shape index (κ1) is 17.2. The Balaban J connectivity index is 1.74. The number of hydrogen-bond acceptors (Lipinski definition) is 2. The van der Waals surface area contributed by atoms with Gasteiger partial charge in [-0.2, -0.15) is 0 Å². The van der Waals surface area contributed by atoms with Gasteiger partial charge >= 0.3 is 0 Å². The molecule has 0 aromatic heterocycles. The lowest BCUT2D eigenvalue weighted by Crippen LogP contribution is -2.15. The molecule has 0 amide bonds. The van der Waals surface area contributed by atoms with Crippen LogP contribution in [0.5, 0.6) is 0 Å². The highest BCUT2D eigenvalue weighted by atomic mass is 16.1. The van der Waals surface area contributed by atoms with Crippen molar-refractivity contribution in [1.82, 2.24) is 5.32 Å². The van der Waals surface area contributed by atoms with Crippen molar-refractivity contribution in [2.24, 2.45) is 0 Å². The number of fused-ring (bicyclic) bond motifs is 1. The van der Waals surface area contributed by atoms with Gasteiger partial charge in [-0.15, -0.1) is 0 Å². The highest BCUT2D eigenvalue weighted by Gasteiger charge is 2.11. The topological polar surface area (TPSA) is 29.1 Å². The van der Waals surface area contributed by atoms with E-state index in [1.54, 1.807) is 0 Å². The van der Waals surface area contributed by atoms with Gasteiger partial charge in [0, 0.05) is 12.0 Å². The van der Waals surface area contributed by atoms with Gasteiger partial charge < -0.3 is 5.32 Å². The molecule has 1 aromatic rings. The van der Waals surface area contributed by atoms with Crippen LogP contribution in [-0.2, 0) is 12.8 Å². The van der Waals surface area contributed by atoms with Crippen LogP contribution in [0.25, 0.3) is 0 Å². The number of rotatable bonds is 9. The fourth-order valence-corrected chi connectivity index (χ4v) is 3.24. The highest BCUT2D eigenvalue weighted by molar-refractivity contribution is 5.96. The number of aryl methyl sites for hydroxylation is 2. The van der Waals surface area contributed by atoms with Crippen LogP contribution in [0.4, 0.5) is 0 Å². The lowest BCUT2D eigenvalue weighted by atomic mass is 9.96. The minimum absolute atomic E-state index is 0.327. The summed E-state index contributed by atoms with van der Waals surface area (Å²) in [5, 5.41) is 3.41. The number of hydrogen-bond donors (Lipinski definition) is 1. The minimum Gasteiger partial charge on any atom is -0.317 e. The van der Waals surface area contributed by atoms with Crippen LogP contribution >= 0.6 is 0 Å². The zero-order valence-electron chi connectivity index (χ0n) is 14.1. The molecule has 2 nitrogen and oxygen atoms in total. The van der Waals surface area contributed by atoms with E-state index in [2.05, 4.69) is 30.4 Å². The van der Waals surface area contributed by atoms with Gasteiger partial charge in [-0.05, 0) is 75.2 Å². The number of ketones is 1. The van der Waals surface area contributed by atoms with Gasteiger partial charge in [-0.3, -0.25) is 4.79 Å². The summed E-state index contributed by atoms with van der Waals surface area (Å²) in [6, 6.07) is 6.42. The molecule has 0 spiro atoms. The van der Waals surface area contributed by atoms with Crippen LogP contribution in [-0.4, -0.2) is 18.9 Å². The Morgan fingerprint density at radius 2 is 1.82 bits per heavy atom. The monoisotopic (exact) mass is 301 g/mol. The number of carbonyl (C=O) groups is 1. The van der Waals surface area contributed by atoms with E-state index in [4.69, 9.17) is 0 Å². The van der Waals surface area contributed by atoms with Gasteiger partial charge in [-0.1, -0.05) is 31.9 Å². The number of benzene rings is 1. The summed E-state index contributed by atoms with van der Waals surface area (Å²) in [6.45, 7) is 4.38. The normalized spacial score (nSPS) is 14.4. The van der Waals surface area contributed by atoms with Crippen molar-refractivity contribution in [1.29, 1.82) is 0 Å². The number of carbonyl (C=O) groups excluding carboxylic acids is 1. The molecular weight excluding hydrogens is 270 g/mol. The highest BCUT2D eigenvalue weighted by Crippen LogP contribution is 2.22. The average molecular weight is 301 g/mol. The standard InChI is InChI=1S/C20H31NO/c1-2-14-21-15-8-4-7-11-20(22)19-13-12-17-9-5-3-6-10-18(17)16-19/h12-13,16,21H,2-11,14-15H2,1H3. The predicted octanol–water partition coefficient (Wildman–Crippen LogP) is 4.70. The first-order valence-corrected chi connectivity index (χ1v) is 9.17. The van der Waals surface area contributed by atoms with Crippen molar-refractivity contribution in [3.8, 4) is 0 Å². The molecule has 1 aliphatic carbocycles.